The van der Waals surface area contributed by atoms with E-state index in [0.717, 1.165) is 10.9 Å². The second kappa shape index (κ2) is 3.05. The summed E-state index contributed by atoms with van der Waals surface area (Å²) in [5.74, 6) is 0.928. The van der Waals surface area contributed by atoms with Gasteiger partial charge in [0.1, 0.15) is 5.82 Å². The maximum Gasteiger partial charge on any atom is 0.123 e. The van der Waals surface area contributed by atoms with Crippen molar-refractivity contribution in [1.29, 1.82) is 0 Å². The standard InChI is InChI=1S/C16H16FN/c1-16(2)10-4-3-9(7-10)15-14(16)12-8-11(17)5-6-13(12)18-15/h3-6,8-10,18H,7H2,1-2H3. The Morgan fingerprint density at radius 1 is 1.28 bits per heavy atom. The fraction of sp³-hybridized carbons (Fsp3) is 0.375. The van der Waals surface area contributed by atoms with Gasteiger partial charge in [-0.1, -0.05) is 26.0 Å². The van der Waals surface area contributed by atoms with Gasteiger partial charge in [0.2, 0.25) is 0 Å². The van der Waals surface area contributed by atoms with Gasteiger partial charge in [-0.2, -0.15) is 0 Å². The lowest BCUT2D eigenvalue weighted by Gasteiger charge is -2.37. The van der Waals surface area contributed by atoms with Crippen LogP contribution in [0.5, 0.6) is 0 Å². The molecule has 0 radical (unpaired) electrons. The molecule has 0 saturated heterocycles. The van der Waals surface area contributed by atoms with E-state index in [4.69, 9.17) is 0 Å². The Morgan fingerprint density at radius 2 is 2.11 bits per heavy atom. The Bertz CT molecular complexity index is 678. The summed E-state index contributed by atoms with van der Waals surface area (Å²) in [6, 6.07) is 5.07. The molecule has 2 bridgehead atoms. The Morgan fingerprint density at radius 3 is 2.94 bits per heavy atom. The summed E-state index contributed by atoms with van der Waals surface area (Å²) in [5.41, 5.74) is 3.77. The summed E-state index contributed by atoms with van der Waals surface area (Å²) < 4.78 is 13.5. The first-order valence-corrected chi connectivity index (χ1v) is 6.57. The van der Waals surface area contributed by atoms with Crippen LogP contribution in [0.25, 0.3) is 10.9 Å². The van der Waals surface area contributed by atoms with Gasteiger partial charge in [-0.25, -0.2) is 4.39 Å². The molecule has 2 unspecified atom stereocenters. The average Bonchev–Trinajstić information content (AvgIpc) is 2.89. The predicted molar refractivity (Wildman–Crippen MR) is 71.3 cm³/mol. The predicted octanol–water partition coefficient (Wildman–Crippen LogP) is 4.26. The lowest BCUT2D eigenvalue weighted by atomic mass is 9.67. The quantitative estimate of drug-likeness (QED) is 0.663. The van der Waals surface area contributed by atoms with Crippen LogP contribution in [0.2, 0.25) is 0 Å². The van der Waals surface area contributed by atoms with Gasteiger partial charge in [-0.3, -0.25) is 0 Å². The van der Waals surface area contributed by atoms with Crippen LogP contribution in [0.15, 0.2) is 30.4 Å². The third kappa shape index (κ3) is 1.11. The van der Waals surface area contributed by atoms with Crippen molar-refractivity contribution in [3.8, 4) is 0 Å². The van der Waals surface area contributed by atoms with Gasteiger partial charge in [0.25, 0.3) is 0 Å². The van der Waals surface area contributed by atoms with Gasteiger partial charge < -0.3 is 4.98 Å². The number of H-pyrrole nitrogens is 1. The minimum atomic E-state index is -0.147. The highest BCUT2D eigenvalue weighted by Gasteiger charge is 2.43. The van der Waals surface area contributed by atoms with Gasteiger partial charge in [0, 0.05) is 22.5 Å². The molecule has 1 N–H and O–H groups in total. The highest BCUT2D eigenvalue weighted by Crippen LogP contribution is 2.53. The van der Waals surface area contributed by atoms with E-state index in [1.807, 2.05) is 6.07 Å². The summed E-state index contributed by atoms with van der Waals surface area (Å²) in [5, 5.41) is 1.06. The third-order valence-corrected chi connectivity index (χ3v) is 4.82. The zero-order valence-corrected chi connectivity index (χ0v) is 10.6. The van der Waals surface area contributed by atoms with Crippen molar-refractivity contribution < 1.29 is 4.39 Å². The first kappa shape index (κ1) is 10.4. The van der Waals surface area contributed by atoms with Crippen molar-refractivity contribution in [2.75, 3.05) is 0 Å². The van der Waals surface area contributed by atoms with E-state index >= 15 is 0 Å². The van der Waals surface area contributed by atoms with Crippen LogP contribution in [-0.4, -0.2) is 4.98 Å². The molecule has 0 saturated carbocycles. The minimum Gasteiger partial charge on any atom is -0.358 e. The number of halogens is 1. The second-order valence-electron chi connectivity index (χ2n) is 6.16. The monoisotopic (exact) mass is 241 g/mol. The molecule has 18 heavy (non-hydrogen) atoms. The molecule has 1 heterocycles. The Hall–Kier alpha value is -1.57. The molecular weight excluding hydrogens is 225 g/mol. The smallest absolute Gasteiger partial charge is 0.123 e. The SMILES string of the molecule is CC1(C)c2c([nH]c3ccc(F)cc23)C2C=CC1C2. The number of hydrogen-bond donors (Lipinski definition) is 1. The van der Waals surface area contributed by atoms with E-state index in [-0.39, 0.29) is 11.2 Å². The highest BCUT2D eigenvalue weighted by molar-refractivity contribution is 5.87. The molecule has 1 nitrogen and oxygen atoms in total. The number of rotatable bonds is 0. The van der Waals surface area contributed by atoms with E-state index in [9.17, 15) is 4.39 Å². The largest absolute Gasteiger partial charge is 0.358 e. The molecule has 0 spiro atoms. The van der Waals surface area contributed by atoms with Gasteiger partial charge >= 0.3 is 0 Å². The summed E-state index contributed by atoms with van der Waals surface area (Å²) in [7, 11) is 0. The Labute approximate surface area is 106 Å². The number of allylic oxidation sites excluding steroid dienone is 2. The van der Waals surface area contributed by atoms with Crippen molar-refractivity contribution in [1.82, 2.24) is 4.98 Å². The van der Waals surface area contributed by atoms with Crippen LogP contribution in [0.4, 0.5) is 4.39 Å². The van der Waals surface area contributed by atoms with E-state index in [2.05, 4.69) is 31.0 Å². The fourth-order valence-electron chi connectivity index (χ4n) is 3.79. The maximum atomic E-state index is 13.5. The first-order chi connectivity index (χ1) is 8.57. The van der Waals surface area contributed by atoms with Crippen LogP contribution < -0.4 is 0 Å². The van der Waals surface area contributed by atoms with Crippen molar-refractivity contribution in [3.63, 3.8) is 0 Å². The topological polar surface area (TPSA) is 15.8 Å². The van der Waals surface area contributed by atoms with Crippen LogP contribution in [0.1, 0.15) is 37.4 Å². The first-order valence-electron chi connectivity index (χ1n) is 6.57. The maximum absolute atomic E-state index is 13.5. The Balaban J connectivity index is 2.12. The van der Waals surface area contributed by atoms with Crippen molar-refractivity contribution in [2.45, 2.75) is 31.6 Å². The molecule has 4 rings (SSSR count). The molecule has 1 aromatic heterocycles. The normalized spacial score (nSPS) is 27.7. The summed E-state index contributed by atoms with van der Waals surface area (Å²) >= 11 is 0. The summed E-state index contributed by atoms with van der Waals surface area (Å²) in [6.07, 6.45) is 5.84. The number of nitrogens with one attached hydrogen (secondary N) is 1. The van der Waals surface area contributed by atoms with E-state index in [1.165, 1.54) is 23.7 Å². The minimum absolute atomic E-state index is 0.0882. The van der Waals surface area contributed by atoms with Crippen LogP contribution in [0, 0.1) is 11.7 Å². The molecule has 92 valence electrons. The lowest BCUT2D eigenvalue weighted by molar-refractivity contribution is 0.343. The van der Waals surface area contributed by atoms with E-state index in [1.54, 1.807) is 6.07 Å². The second-order valence-corrected chi connectivity index (χ2v) is 6.16. The molecule has 2 aliphatic carbocycles. The molecule has 2 heteroatoms. The van der Waals surface area contributed by atoms with Crippen LogP contribution >= 0.6 is 0 Å². The summed E-state index contributed by atoms with van der Waals surface area (Å²) in [4.78, 5) is 3.51. The van der Waals surface area contributed by atoms with Crippen molar-refractivity contribution >= 4 is 10.9 Å². The molecule has 0 fully saturated rings. The molecule has 2 atom stereocenters. The van der Waals surface area contributed by atoms with Crippen LogP contribution in [0.3, 0.4) is 0 Å². The molecule has 1 aromatic carbocycles. The van der Waals surface area contributed by atoms with Crippen molar-refractivity contribution in [2.24, 2.45) is 5.92 Å². The highest BCUT2D eigenvalue weighted by atomic mass is 19.1. The third-order valence-electron chi connectivity index (χ3n) is 4.82. The van der Waals surface area contributed by atoms with Gasteiger partial charge in [-0.05, 0) is 41.5 Å². The lowest BCUT2D eigenvalue weighted by Crippen LogP contribution is -2.31. The number of aromatic nitrogens is 1. The zero-order chi connectivity index (χ0) is 12.5. The van der Waals surface area contributed by atoms with Gasteiger partial charge in [0.05, 0.1) is 0 Å². The summed E-state index contributed by atoms with van der Waals surface area (Å²) in [6.45, 7) is 4.56. The molecule has 0 aliphatic heterocycles. The number of aromatic amines is 1. The molecule has 0 amide bonds. The molecule has 2 aromatic rings. The number of hydrogen-bond acceptors (Lipinski definition) is 0. The number of benzene rings is 1. The number of fused-ring (bicyclic) bond motifs is 6. The van der Waals surface area contributed by atoms with Crippen LogP contribution in [-0.2, 0) is 5.41 Å². The fourth-order valence-corrected chi connectivity index (χ4v) is 3.79. The molecular formula is C16H16FN. The zero-order valence-electron chi connectivity index (χ0n) is 10.6. The van der Waals surface area contributed by atoms with Crippen molar-refractivity contribution in [3.05, 3.63) is 47.4 Å². The molecule has 2 aliphatic rings. The average molecular weight is 241 g/mol. The Kier molecular flexibility index (Phi) is 1.76. The van der Waals surface area contributed by atoms with E-state index in [0.29, 0.717) is 11.8 Å². The van der Waals surface area contributed by atoms with Gasteiger partial charge in [-0.15, -0.1) is 0 Å². The van der Waals surface area contributed by atoms with E-state index < -0.39 is 0 Å². The van der Waals surface area contributed by atoms with Gasteiger partial charge in [0.15, 0.2) is 0 Å².